The van der Waals surface area contributed by atoms with E-state index < -0.39 is 6.10 Å². The molecule has 0 aliphatic heterocycles. The molecule has 1 atom stereocenters. The second-order valence-corrected chi connectivity index (χ2v) is 5.11. The Morgan fingerprint density at radius 1 is 1.30 bits per heavy atom. The lowest BCUT2D eigenvalue weighted by Crippen LogP contribution is -2.40. The zero-order valence-corrected chi connectivity index (χ0v) is 11.8. The first kappa shape index (κ1) is 14.5. The minimum absolute atomic E-state index is 0.220. The van der Waals surface area contributed by atoms with Crippen LogP contribution in [0.4, 0.5) is 4.79 Å². The number of nitrogens with one attached hydrogen (secondary N) is 2. The normalized spacial score (nSPS) is 11.8. The van der Waals surface area contributed by atoms with E-state index in [-0.39, 0.29) is 12.6 Å². The number of benzene rings is 1. The van der Waals surface area contributed by atoms with Gasteiger partial charge in [0.25, 0.3) is 0 Å². The monoisotopic (exact) mass is 291 g/mol. The fourth-order valence-corrected chi connectivity index (χ4v) is 2.29. The van der Waals surface area contributed by atoms with E-state index in [1.807, 2.05) is 35.7 Å². The van der Waals surface area contributed by atoms with Gasteiger partial charge in [-0.15, -0.1) is 11.3 Å². The van der Waals surface area contributed by atoms with Crippen LogP contribution in [0.15, 0.2) is 41.2 Å². The molecular formula is C14H17N3O2S. The number of thiazole rings is 1. The van der Waals surface area contributed by atoms with Crippen molar-refractivity contribution in [2.24, 2.45) is 0 Å². The topological polar surface area (TPSA) is 74.2 Å². The number of urea groups is 1. The Kier molecular flexibility index (Phi) is 5.52. The number of aromatic nitrogens is 1. The Hall–Kier alpha value is -1.92. The molecule has 0 spiro atoms. The molecule has 20 heavy (non-hydrogen) atoms. The van der Waals surface area contributed by atoms with Crippen LogP contribution in [-0.4, -0.2) is 28.8 Å². The maximum absolute atomic E-state index is 11.5. The number of rotatable bonds is 6. The van der Waals surface area contributed by atoms with Gasteiger partial charge >= 0.3 is 6.03 Å². The van der Waals surface area contributed by atoms with Crippen molar-refractivity contribution < 1.29 is 9.90 Å². The number of carbonyl (C=O) groups excluding carboxylic acids is 1. The minimum atomic E-state index is -0.595. The molecule has 1 aromatic carbocycles. The van der Waals surface area contributed by atoms with Crippen LogP contribution in [0.25, 0.3) is 0 Å². The third-order valence-electron chi connectivity index (χ3n) is 2.73. The molecule has 2 aromatic rings. The molecule has 2 rings (SSSR count). The average Bonchev–Trinajstić information content (AvgIpc) is 2.97. The zero-order chi connectivity index (χ0) is 14.2. The SMILES string of the molecule is O=C(NCc1cscn1)NCC(O)Cc1ccccc1. The predicted octanol–water partition coefficient (Wildman–Crippen LogP) is 1.55. The quantitative estimate of drug-likeness (QED) is 0.756. The molecule has 0 radical (unpaired) electrons. The second-order valence-electron chi connectivity index (χ2n) is 4.39. The molecule has 5 nitrogen and oxygen atoms in total. The van der Waals surface area contributed by atoms with Gasteiger partial charge in [0.2, 0.25) is 0 Å². The van der Waals surface area contributed by atoms with Gasteiger partial charge in [0.1, 0.15) is 0 Å². The van der Waals surface area contributed by atoms with Crippen LogP contribution < -0.4 is 10.6 Å². The van der Waals surface area contributed by atoms with E-state index >= 15 is 0 Å². The van der Waals surface area contributed by atoms with Gasteiger partial charge in [0.05, 0.1) is 23.9 Å². The molecule has 1 heterocycles. The van der Waals surface area contributed by atoms with Gasteiger partial charge in [-0.1, -0.05) is 30.3 Å². The van der Waals surface area contributed by atoms with Crippen LogP contribution >= 0.6 is 11.3 Å². The Bertz CT molecular complexity index is 516. The molecule has 106 valence electrons. The smallest absolute Gasteiger partial charge is 0.315 e. The first-order valence-corrected chi connectivity index (χ1v) is 7.29. The van der Waals surface area contributed by atoms with E-state index in [0.717, 1.165) is 11.3 Å². The fourth-order valence-electron chi connectivity index (χ4n) is 1.73. The summed E-state index contributed by atoms with van der Waals surface area (Å²) in [6, 6.07) is 9.38. The number of hydrogen-bond acceptors (Lipinski definition) is 4. The minimum Gasteiger partial charge on any atom is -0.391 e. The summed E-state index contributed by atoms with van der Waals surface area (Å²) in [5.41, 5.74) is 3.60. The summed E-state index contributed by atoms with van der Waals surface area (Å²) in [7, 11) is 0. The van der Waals surface area contributed by atoms with E-state index in [2.05, 4.69) is 15.6 Å². The van der Waals surface area contributed by atoms with Gasteiger partial charge in [0, 0.05) is 18.3 Å². The second kappa shape index (κ2) is 7.62. The number of hydrogen-bond donors (Lipinski definition) is 3. The Morgan fingerprint density at radius 3 is 2.80 bits per heavy atom. The van der Waals surface area contributed by atoms with E-state index in [1.54, 1.807) is 5.51 Å². The van der Waals surface area contributed by atoms with Crippen LogP contribution in [0.1, 0.15) is 11.3 Å². The number of carbonyl (C=O) groups is 1. The third kappa shape index (κ3) is 4.99. The molecule has 0 bridgehead atoms. The van der Waals surface area contributed by atoms with Crippen LogP contribution in [0.2, 0.25) is 0 Å². The number of amides is 2. The molecule has 2 amide bonds. The third-order valence-corrected chi connectivity index (χ3v) is 3.36. The maximum Gasteiger partial charge on any atom is 0.315 e. The largest absolute Gasteiger partial charge is 0.391 e. The summed E-state index contributed by atoms with van der Waals surface area (Å²) < 4.78 is 0. The summed E-state index contributed by atoms with van der Waals surface area (Å²) in [5.74, 6) is 0. The zero-order valence-electron chi connectivity index (χ0n) is 11.0. The van der Waals surface area contributed by atoms with Gasteiger partial charge in [-0.2, -0.15) is 0 Å². The Morgan fingerprint density at radius 2 is 2.10 bits per heavy atom. The molecular weight excluding hydrogens is 274 g/mol. The Labute approximate surface area is 121 Å². The van der Waals surface area contributed by atoms with Crippen LogP contribution in [0, 0.1) is 0 Å². The summed E-state index contributed by atoms with van der Waals surface area (Å²) in [6.07, 6.45) is -0.0739. The van der Waals surface area contributed by atoms with E-state index in [1.165, 1.54) is 11.3 Å². The van der Waals surface area contributed by atoms with Crippen molar-refractivity contribution in [2.45, 2.75) is 19.1 Å². The van der Waals surface area contributed by atoms with Crippen molar-refractivity contribution in [3.8, 4) is 0 Å². The highest BCUT2D eigenvalue weighted by atomic mass is 32.1. The summed E-state index contributed by atoms with van der Waals surface area (Å²) in [5, 5.41) is 17.1. The highest BCUT2D eigenvalue weighted by Crippen LogP contribution is 2.02. The van der Waals surface area contributed by atoms with E-state index in [0.29, 0.717) is 13.0 Å². The maximum atomic E-state index is 11.5. The fraction of sp³-hybridized carbons (Fsp3) is 0.286. The van der Waals surface area contributed by atoms with Crippen LogP contribution in [0.3, 0.4) is 0 Å². The molecule has 3 N–H and O–H groups in total. The van der Waals surface area contributed by atoms with Gasteiger partial charge < -0.3 is 15.7 Å². The van der Waals surface area contributed by atoms with Crippen LogP contribution in [-0.2, 0) is 13.0 Å². The molecule has 0 fully saturated rings. The average molecular weight is 291 g/mol. The first-order chi connectivity index (χ1) is 9.74. The summed E-state index contributed by atoms with van der Waals surface area (Å²) >= 11 is 1.49. The number of aliphatic hydroxyl groups is 1. The molecule has 6 heteroatoms. The lowest BCUT2D eigenvalue weighted by Gasteiger charge is -2.12. The lowest BCUT2D eigenvalue weighted by atomic mass is 10.1. The lowest BCUT2D eigenvalue weighted by molar-refractivity contribution is 0.170. The molecule has 1 unspecified atom stereocenters. The van der Waals surface area contributed by atoms with Gasteiger partial charge in [-0.25, -0.2) is 9.78 Å². The summed E-state index contributed by atoms with van der Waals surface area (Å²) in [6.45, 7) is 0.613. The number of aliphatic hydroxyl groups excluding tert-OH is 1. The van der Waals surface area contributed by atoms with Crippen LogP contribution in [0.5, 0.6) is 0 Å². The van der Waals surface area contributed by atoms with Crippen molar-refractivity contribution in [2.75, 3.05) is 6.54 Å². The first-order valence-electron chi connectivity index (χ1n) is 6.35. The van der Waals surface area contributed by atoms with E-state index in [4.69, 9.17) is 0 Å². The van der Waals surface area contributed by atoms with Crippen molar-refractivity contribution >= 4 is 17.4 Å². The van der Waals surface area contributed by atoms with Crippen molar-refractivity contribution in [1.82, 2.24) is 15.6 Å². The predicted molar refractivity (Wildman–Crippen MR) is 78.5 cm³/mol. The molecule has 0 aliphatic rings. The van der Waals surface area contributed by atoms with Crippen molar-refractivity contribution in [3.63, 3.8) is 0 Å². The molecule has 0 saturated carbocycles. The van der Waals surface area contributed by atoms with Gasteiger partial charge in [-0.05, 0) is 5.56 Å². The van der Waals surface area contributed by atoms with Crippen molar-refractivity contribution in [1.29, 1.82) is 0 Å². The van der Waals surface area contributed by atoms with Gasteiger partial charge in [0.15, 0.2) is 0 Å². The molecule has 1 aromatic heterocycles. The summed E-state index contributed by atoms with van der Waals surface area (Å²) in [4.78, 5) is 15.6. The highest BCUT2D eigenvalue weighted by Gasteiger charge is 2.08. The standard InChI is InChI=1S/C14H17N3O2S/c18-13(6-11-4-2-1-3-5-11)8-16-14(19)15-7-12-9-20-10-17-12/h1-5,9-10,13,18H,6-8H2,(H2,15,16,19). The highest BCUT2D eigenvalue weighted by molar-refractivity contribution is 7.07. The molecule has 0 saturated heterocycles. The Balaban J connectivity index is 1.65. The van der Waals surface area contributed by atoms with Crippen molar-refractivity contribution in [3.05, 3.63) is 52.5 Å². The molecule has 0 aliphatic carbocycles. The van der Waals surface area contributed by atoms with E-state index in [9.17, 15) is 9.90 Å². The van der Waals surface area contributed by atoms with Gasteiger partial charge in [-0.3, -0.25) is 0 Å². The number of nitrogens with zero attached hydrogens (tertiary/aromatic N) is 1.